The van der Waals surface area contributed by atoms with Gasteiger partial charge in [0, 0.05) is 0 Å². The lowest BCUT2D eigenvalue weighted by Crippen LogP contribution is -2.01. The molecule has 0 saturated carbocycles. The van der Waals surface area contributed by atoms with Crippen molar-refractivity contribution in [3.63, 3.8) is 0 Å². The monoisotopic (exact) mass is 312 g/mol. The van der Waals surface area contributed by atoms with Crippen molar-refractivity contribution in [2.45, 2.75) is 109 Å². The van der Waals surface area contributed by atoms with Gasteiger partial charge in [-0.25, -0.2) is 0 Å². The average Bonchev–Trinajstić information content (AvgIpc) is 2.53. The molecule has 132 valence electrons. The number of unbranched alkanes of at least 4 members (excludes halogenated alkanes) is 13. The molecule has 0 aromatic rings. The van der Waals surface area contributed by atoms with Gasteiger partial charge in [-0.2, -0.15) is 0 Å². The Kier molecular flexibility index (Phi) is 18.4. The minimum Gasteiger partial charge on any atom is -0.392 e. The quantitative estimate of drug-likeness (QED) is 0.264. The van der Waals surface area contributed by atoms with Gasteiger partial charge in [-0.05, 0) is 6.42 Å². The maximum absolute atomic E-state index is 9.57. The van der Waals surface area contributed by atoms with E-state index in [2.05, 4.69) is 6.92 Å². The first-order valence-corrected chi connectivity index (χ1v) is 9.76. The van der Waals surface area contributed by atoms with Gasteiger partial charge in [0.1, 0.15) is 0 Å². The van der Waals surface area contributed by atoms with E-state index in [0.717, 1.165) is 12.8 Å². The molecule has 0 amide bonds. The van der Waals surface area contributed by atoms with Crippen molar-refractivity contribution < 1.29 is 10.2 Å². The van der Waals surface area contributed by atoms with Gasteiger partial charge in [0.2, 0.25) is 0 Å². The van der Waals surface area contributed by atoms with E-state index in [0.29, 0.717) is 0 Å². The van der Waals surface area contributed by atoms with Crippen LogP contribution in [0.25, 0.3) is 0 Å². The molecule has 0 bridgehead atoms. The van der Waals surface area contributed by atoms with Crippen LogP contribution in [0.3, 0.4) is 0 Å². The van der Waals surface area contributed by atoms with Crippen molar-refractivity contribution in [1.82, 2.24) is 0 Å². The van der Waals surface area contributed by atoms with Crippen molar-refractivity contribution in [3.8, 4) is 0 Å². The van der Waals surface area contributed by atoms with E-state index in [4.69, 9.17) is 5.11 Å². The van der Waals surface area contributed by atoms with Gasteiger partial charge in [-0.15, -0.1) is 0 Å². The highest BCUT2D eigenvalue weighted by Crippen LogP contribution is 2.13. The van der Waals surface area contributed by atoms with Gasteiger partial charge in [-0.3, -0.25) is 0 Å². The Morgan fingerprint density at radius 1 is 0.682 bits per heavy atom. The van der Waals surface area contributed by atoms with E-state index in [1.54, 1.807) is 12.2 Å². The van der Waals surface area contributed by atoms with Crippen molar-refractivity contribution in [2.24, 2.45) is 0 Å². The third-order valence-electron chi connectivity index (χ3n) is 4.32. The third-order valence-corrected chi connectivity index (χ3v) is 4.32. The number of rotatable bonds is 17. The van der Waals surface area contributed by atoms with Gasteiger partial charge in [0.15, 0.2) is 0 Å². The predicted octanol–water partition coefficient (Wildman–Crippen LogP) is 5.77. The molecule has 0 radical (unpaired) electrons. The van der Waals surface area contributed by atoms with Crippen LogP contribution in [-0.4, -0.2) is 22.9 Å². The fourth-order valence-electron chi connectivity index (χ4n) is 2.86. The largest absolute Gasteiger partial charge is 0.392 e. The van der Waals surface area contributed by atoms with Crippen LogP contribution in [0.2, 0.25) is 0 Å². The van der Waals surface area contributed by atoms with Crippen LogP contribution in [0, 0.1) is 0 Å². The third kappa shape index (κ3) is 17.7. The highest BCUT2D eigenvalue weighted by atomic mass is 16.3. The number of hydrogen-bond acceptors (Lipinski definition) is 2. The first-order valence-electron chi connectivity index (χ1n) is 9.76. The maximum atomic E-state index is 9.57. The average molecular weight is 313 g/mol. The van der Waals surface area contributed by atoms with Crippen LogP contribution in [0.4, 0.5) is 0 Å². The molecule has 2 nitrogen and oxygen atoms in total. The van der Waals surface area contributed by atoms with E-state index in [-0.39, 0.29) is 12.7 Å². The molecule has 0 aromatic heterocycles. The molecule has 0 saturated heterocycles. The summed E-state index contributed by atoms with van der Waals surface area (Å²) < 4.78 is 0. The zero-order valence-electron chi connectivity index (χ0n) is 14.9. The summed E-state index contributed by atoms with van der Waals surface area (Å²) in [4.78, 5) is 0. The molecular formula is C20H40O2. The van der Waals surface area contributed by atoms with Crippen LogP contribution >= 0.6 is 0 Å². The van der Waals surface area contributed by atoms with Crippen LogP contribution in [0.15, 0.2) is 12.2 Å². The zero-order valence-corrected chi connectivity index (χ0v) is 14.9. The second-order valence-electron chi connectivity index (χ2n) is 6.56. The second kappa shape index (κ2) is 18.7. The number of aliphatic hydroxyl groups excluding tert-OH is 2. The molecule has 2 heteroatoms. The molecule has 0 aromatic carbocycles. The second-order valence-corrected chi connectivity index (χ2v) is 6.56. The first-order chi connectivity index (χ1) is 10.8. The predicted molar refractivity (Wildman–Crippen MR) is 97.2 cm³/mol. The summed E-state index contributed by atoms with van der Waals surface area (Å²) >= 11 is 0. The van der Waals surface area contributed by atoms with E-state index in [1.165, 1.54) is 83.5 Å². The molecule has 0 heterocycles. The SMILES string of the molecule is CCCCCCCCCCCCCCCCC(O)C=CCO. The lowest BCUT2D eigenvalue weighted by molar-refractivity contribution is 0.206. The van der Waals surface area contributed by atoms with Crippen molar-refractivity contribution in [1.29, 1.82) is 0 Å². The zero-order chi connectivity index (χ0) is 16.3. The molecule has 0 spiro atoms. The van der Waals surface area contributed by atoms with Gasteiger partial charge in [0.25, 0.3) is 0 Å². The molecular weight excluding hydrogens is 272 g/mol. The van der Waals surface area contributed by atoms with Crippen molar-refractivity contribution in [2.75, 3.05) is 6.61 Å². The van der Waals surface area contributed by atoms with E-state index in [9.17, 15) is 5.11 Å². The van der Waals surface area contributed by atoms with E-state index in [1.807, 2.05) is 0 Å². The molecule has 0 fully saturated rings. The first kappa shape index (κ1) is 21.7. The maximum Gasteiger partial charge on any atom is 0.0721 e. The van der Waals surface area contributed by atoms with E-state index < -0.39 is 0 Å². The van der Waals surface area contributed by atoms with Crippen LogP contribution in [-0.2, 0) is 0 Å². The number of hydrogen-bond donors (Lipinski definition) is 2. The van der Waals surface area contributed by atoms with Crippen LogP contribution in [0.5, 0.6) is 0 Å². The van der Waals surface area contributed by atoms with Gasteiger partial charge < -0.3 is 10.2 Å². The van der Waals surface area contributed by atoms with Crippen molar-refractivity contribution in [3.05, 3.63) is 12.2 Å². The van der Waals surface area contributed by atoms with E-state index >= 15 is 0 Å². The summed E-state index contributed by atoms with van der Waals surface area (Å²) in [6.07, 6.45) is 22.9. The number of aliphatic hydroxyl groups is 2. The smallest absolute Gasteiger partial charge is 0.0721 e. The summed E-state index contributed by atoms with van der Waals surface area (Å²) in [7, 11) is 0. The molecule has 0 aliphatic carbocycles. The molecule has 1 unspecified atom stereocenters. The summed E-state index contributed by atoms with van der Waals surface area (Å²) in [5.74, 6) is 0. The van der Waals surface area contributed by atoms with Gasteiger partial charge in [0.05, 0.1) is 12.7 Å². The molecule has 0 aliphatic heterocycles. The minimum absolute atomic E-state index is 0.0236. The molecule has 22 heavy (non-hydrogen) atoms. The van der Waals surface area contributed by atoms with Crippen LogP contribution in [0.1, 0.15) is 103 Å². The summed E-state index contributed by atoms with van der Waals surface area (Å²) in [5.41, 5.74) is 0. The normalized spacial score (nSPS) is 13.0. The highest BCUT2D eigenvalue weighted by Gasteiger charge is 1.98. The Morgan fingerprint density at radius 2 is 1.09 bits per heavy atom. The fraction of sp³-hybridized carbons (Fsp3) is 0.900. The molecule has 0 aliphatic rings. The minimum atomic E-state index is -0.371. The molecule has 0 rings (SSSR count). The summed E-state index contributed by atoms with van der Waals surface area (Å²) in [6.45, 7) is 2.30. The Morgan fingerprint density at radius 3 is 1.50 bits per heavy atom. The topological polar surface area (TPSA) is 40.5 Å². The van der Waals surface area contributed by atoms with Crippen molar-refractivity contribution >= 4 is 0 Å². The lowest BCUT2D eigenvalue weighted by atomic mass is 10.0. The molecule has 1 atom stereocenters. The molecule has 2 N–H and O–H groups in total. The Balaban J connectivity index is 3.07. The summed E-state index contributed by atoms with van der Waals surface area (Å²) in [6, 6.07) is 0. The van der Waals surface area contributed by atoms with Gasteiger partial charge in [-0.1, -0.05) is 109 Å². The highest BCUT2D eigenvalue weighted by molar-refractivity contribution is 4.87. The Labute approximate surface area is 139 Å². The lowest BCUT2D eigenvalue weighted by Gasteiger charge is -2.05. The summed E-state index contributed by atoms with van der Waals surface area (Å²) in [5, 5.41) is 18.2. The van der Waals surface area contributed by atoms with Crippen LogP contribution < -0.4 is 0 Å². The van der Waals surface area contributed by atoms with Gasteiger partial charge >= 0.3 is 0 Å². The Hall–Kier alpha value is -0.340. The standard InChI is InChI=1S/C20H40O2/c1-2-3-4-5-6-7-8-9-10-11-12-13-14-15-17-20(22)18-16-19-21/h16,18,20-22H,2-15,17,19H2,1H3. The Bertz CT molecular complexity index is 226. The fourth-order valence-corrected chi connectivity index (χ4v) is 2.86.